The first-order valence-electron chi connectivity index (χ1n) is 3.22. The molecule has 0 fully saturated rings. The molecule has 0 heterocycles. The molecular weight excluding hydrogens is 146 g/mol. The summed E-state index contributed by atoms with van der Waals surface area (Å²) in [5.41, 5.74) is 0. The first-order chi connectivity index (χ1) is 5.06. The maximum atomic E-state index is 10.8. The lowest BCUT2D eigenvalue weighted by Gasteiger charge is -2.08. The van der Waals surface area contributed by atoms with Gasteiger partial charge >= 0.3 is 6.03 Å². The van der Waals surface area contributed by atoms with Crippen molar-refractivity contribution in [1.82, 2.24) is 15.5 Å². The van der Waals surface area contributed by atoms with Crippen LogP contribution in [0.15, 0.2) is 0 Å². The van der Waals surface area contributed by atoms with E-state index in [-0.39, 0.29) is 12.5 Å². The van der Waals surface area contributed by atoms with Crippen LogP contribution in [-0.2, 0) is 4.79 Å². The number of carbonyl (C=O) groups is 2. The van der Waals surface area contributed by atoms with Gasteiger partial charge < -0.3 is 10.2 Å². The number of urea groups is 1. The minimum atomic E-state index is -0.475. The normalized spacial score (nSPS) is 9.45. The van der Waals surface area contributed by atoms with Gasteiger partial charge in [0, 0.05) is 7.05 Å². The summed E-state index contributed by atoms with van der Waals surface area (Å²) < 4.78 is 0. The number of imide groups is 1. The molecule has 0 aromatic carbocycles. The van der Waals surface area contributed by atoms with E-state index in [2.05, 4.69) is 10.6 Å². The number of hydrogen-bond acceptors (Lipinski definition) is 3. The van der Waals surface area contributed by atoms with Crippen LogP contribution in [0.4, 0.5) is 4.79 Å². The van der Waals surface area contributed by atoms with Gasteiger partial charge in [-0.3, -0.25) is 10.1 Å². The van der Waals surface area contributed by atoms with Crippen molar-refractivity contribution in [3.63, 3.8) is 0 Å². The van der Waals surface area contributed by atoms with Crippen molar-refractivity contribution in [2.24, 2.45) is 0 Å². The van der Waals surface area contributed by atoms with Gasteiger partial charge in [-0.05, 0) is 14.1 Å². The highest BCUT2D eigenvalue weighted by Gasteiger charge is 2.05. The molecule has 0 spiro atoms. The topological polar surface area (TPSA) is 61.4 Å². The van der Waals surface area contributed by atoms with Crippen molar-refractivity contribution >= 4 is 11.9 Å². The van der Waals surface area contributed by atoms with Crippen molar-refractivity contribution in [2.75, 3.05) is 27.7 Å². The minimum absolute atomic E-state index is 0.216. The van der Waals surface area contributed by atoms with Crippen LogP contribution in [0.2, 0.25) is 0 Å². The number of likely N-dealkylation sites (N-methyl/N-ethyl adjacent to an activating group) is 1. The van der Waals surface area contributed by atoms with E-state index in [1.54, 1.807) is 19.0 Å². The predicted molar refractivity (Wildman–Crippen MR) is 41.2 cm³/mol. The van der Waals surface area contributed by atoms with Crippen molar-refractivity contribution in [2.45, 2.75) is 0 Å². The Morgan fingerprint density at radius 1 is 1.36 bits per heavy atom. The fraction of sp³-hybridized carbons (Fsp3) is 0.667. The van der Waals surface area contributed by atoms with Crippen LogP contribution in [0.5, 0.6) is 0 Å². The lowest BCUT2D eigenvalue weighted by molar-refractivity contribution is -0.120. The maximum Gasteiger partial charge on any atom is 0.321 e. The molecule has 0 saturated heterocycles. The summed E-state index contributed by atoms with van der Waals surface area (Å²) in [6.07, 6.45) is 0. The van der Waals surface area contributed by atoms with Crippen molar-refractivity contribution in [3.05, 3.63) is 0 Å². The molecule has 0 bridgehead atoms. The molecule has 5 nitrogen and oxygen atoms in total. The molecule has 0 aliphatic heterocycles. The van der Waals surface area contributed by atoms with E-state index in [1.807, 2.05) is 0 Å². The standard InChI is InChI=1S/C6H13N3O2/c1-7-6(11)8-5(10)4-9(2)3/h4H2,1-3H3,(H2,7,8,10,11). The lowest BCUT2D eigenvalue weighted by atomic mass is 10.5. The highest BCUT2D eigenvalue weighted by Crippen LogP contribution is 1.73. The van der Waals surface area contributed by atoms with Crippen molar-refractivity contribution in [3.8, 4) is 0 Å². The van der Waals surface area contributed by atoms with E-state index in [1.165, 1.54) is 7.05 Å². The Morgan fingerprint density at radius 2 is 1.91 bits per heavy atom. The van der Waals surface area contributed by atoms with Crippen LogP contribution in [0, 0.1) is 0 Å². The zero-order valence-electron chi connectivity index (χ0n) is 6.97. The third kappa shape index (κ3) is 5.35. The molecule has 0 unspecified atom stereocenters. The van der Waals surface area contributed by atoms with Crippen LogP contribution >= 0.6 is 0 Å². The van der Waals surface area contributed by atoms with E-state index in [0.29, 0.717) is 0 Å². The molecule has 11 heavy (non-hydrogen) atoms. The quantitative estimate of drug-likeness (QED) is 0.543. The summed E-state index contributed by atoms with van der Waals surface area (Å²) in [6, 6.07) is -0.475. The largest absolute Gasteiger partial charge is 0.341 e. The molecular formula is C6H13N3O2. The van der Waals surface area contributed by atoms with Crippen molar-refractivity contribution < 1.29 is 9.59 Å². The number of rotatable bonds is 2. The van der Waals surface area contributed by atoms with E-state index in [9.17, 15) is 9.59 Å². The second kappa shape index (κ2) is 4.68. The van der Waals surface area contributed by atoms with Crippen molar-refractivity contribution in [1.29, 1.82) is 0 Å². The Kier molecular flexibility index (Phi) is 4.21. The molecule has 0 rings (SSSR count). The zero-order valence-corrected chi connectivity index (χ0v) is 6.97. The fourth-order valence-corrected chi connectivity index (χ4v) is 0.516. The van der Waals surface area contributed by atoms with Gasteiger partial charge in [0.25, 0.3) is 0 Å². The molecule has 2 N–H and O–H groups in total. The third-order valence-corrected chi connectivity index (χ3v) is 0.940. The van der Waals surface area contributed by atoms with Gasteiger partial charge in [0.2, 0.25) is 5.91 Å². The maximum absolute atomic E-state index is 10.8. The molecule has 0 atom stereocenters. The molecule has 0 aliphatic carbocycles. The third-order valence-electron chi connectivity index (χ3n) is 0.940. The second-order valence-corrected chi connectivity index (χ2v) is 2.37. The molecule has 0 radical (unpaired) electrons. The SMILES string of the molecule is CNC(=O)NC(=O)CN(C)C. The molecule has 64 valence electrons. The predicted octanol–water partition coefficient (Wildman–Crippen LogP) is -0.996. The molecule has 3 amide bonds. The zero-order chi connectivity index (χ0) is 8.85. The van der Waals surface area contributed by atoms with Crippen LogP contribution in [0.3, 0.4) is 0 Å². The van der Waals surface area contributed by atoms with Gasteiger partial charge in [0.05, 0.1) is 6.54 Å². The summed E-state index contributed by atoms with van der Waals surface area (Å²) in [7, 11) is 4.96. The fourth-order valence-electron chi connectivity index (χ4n) is 0.516. The van der Waals surface area contributed by atoms with Crippen LogP contribution in [0.25, 0.3) is 0 Å². The number of hydrogen-bond donors (Lipinski definition) is 2. The first-order valence-corrected chi connectivity index (χ1v) is 3.22. The Bertz CT molecular complexity index is 156. The van der Waals surface area contributed by atoms with Gasteiger partial charge in [-0.15, -0.1) is 0 Å². The smallest absolute Gasteiger partial charge is 0.321 e. The first kappa shape index (κ1) is 9.90. The van der Waals surface area contributed by atoms with E-state index < -0.39 is 6.03 Å². The summed E-state index contributed by atoms with van der Waals surface area (Å²) in [5.74, 6) is -0.311. The number of amides is 3. The van der Waals surface area contributed by atoms with E-state index >= 15 is 0 Å². The summed E-state index contributed by atoms with van der Waals surface area (Å²) in [6.45, 7) is 0.216. The number of nitrogens with one attached hydrogen (secondary N) is 2. The monoisotopic (exact) mass is 159 g/mol. The highest BCUT2D eigenvalue weighted by atomic mass is 16.2. The molecule has 0 aromatic rings. The second-order valence-electron chi connectivity index (χ2n) is 2.37. The Morgan fingerprint density at radius 3 is 2.27 bits per heavy atom. The molecule has 0 aromatic heterocycles. The Balaban J connectivity index is 3.61. The van der Waals surface area contributed by atoms with Gasteiger partial charge in [-0.1, -0.05) is 0 Å². The molecule has 0 aliphatic rings. The lowest BCUT2D eigenvalue weighted by Crippen LogP contribution is -2.41. The Hall–Kier alpha value is -1.10. The van der Waals surface area contributed by atoms with E-state index in [0.717, 1.165) is 0 Å². The van der Waals surface area contributed by atoms with E-state index in [4.69, 9.17) is 0 Å². The summed E-state index contributed by atoms with van der Waals surface area (Å²) in [5, 5.41) is 4.41. The summed E-state index contributed by atoms with van der Waals surface area (Å²) >= 11 is 0. The number of nitrogens with zero attached hydrogens (tertiary/aromatic N) is 1. The Labute approximate surface area is 65.7 Å². The highest BCUT2D eigenvalue weighted by molar-refractivity contribution is 5.95. The van der Waals surface area contributed by atoms with Crippen LogP contribution < -0.4 is 10.6 Å². The molecule has 5 heteroatoms. The minimum Gasteiger partial charge on any atom is -0.341 e. The van der Waals surface area contributed by atoms with Gasteiger partial charge in [-0.25, -0.2) is 4.79 Å². The van der Waals surface area contributed by atoms with Gasteiger partial charge in [-0.2, -0.15) is 0 Å². The van der Waals surface area contributed by atoms with Gasteiger partial charge in [0.1, 0.15) is 0 Å². The summed E-state index contributed by atoms with van der Waals surface area (Å²) in [4.78, 5) is 23.0. The number of carbonyl (C=O) groups excluding carboxylic acids is 2. The average Bonchev–Trinajstić information content (AvgIpc) is 1.85. The van der Waals surface area contributed by atoms with Crippen LogP contribution in [0.1, 0.15) is 0 Å². The van der Waals surface area contributed by atoms with Crippen LogP contribution in [-0.4, -0.2) is 44.5 Å². The van der Waals surface area contributed by atoms with Gasteiger partial charge in [0.15, 0.2) is 0 Å². The molecule has 0 saturated carbocycles. The average molecular weight is 159 g/mol.